The Morgan fingerprint density at radius 3 is 2.71 bits per heavy atom. The van der Waals surface area contributed by atoms with Crippen LogP contribution in [0.25, 0.3) is 11.3 Å². The molecule has 0 unspecified atom stereocenters. The van der Waals surface area contributed by atoms with Crippen molar-refractivity contribution in [2.24, 2.45) is 0 Å². The van der Waals surface area contributed by atoms with Crippen LogP contribution in [0.1, 0.15) is 21.5 Å². The van der Waals surface area contributed by atoms with E-state index in [2.05, 4.69) is 15.5 Å². The van der Waals surface area contributed by atoms with Crippen LogP contribution in [-0.2, 0) is 6.54 Å². The summed E-state index contributed by atoms with van der Waals surface area (Å²) in [6.07, 6.45) is 1.48. The second kappa shape index (κ2) is 6.84. The molecule has 0 atom stereocenters. The first-order chi connectivity index (χ1) is 11.5. The smallest absolute Gasteiger partial charge is 0.255 e. The maximum absolute atomic E-state index is 13.1. The van der Waals surface area contributed by atoms with Gasteiger partial charge in [-0.25, -0.2) is 4.39 Å². The van der Waals surface area contributed by atoms with Gasteiger partial charge in [-0.05, 0) is 24.6 Å². The zero-order valence-electron chi connectivity index (χ0n) is 12.9. The summed E-state index contributed by atoms with van der Waals surface area (Å²) >= 11 is 5.97. The second-order valence-corrected chi connectivity index (χ2v) is 5.85. The highest BCUT2D eigenvalue weighted by atomic mass is 35.5. The van der Waals surface area contributed by atoms with Gasteiger partial charge in [0.15, 0.2) is 0 Å². The van der Waals surface area contributed by atoms with Crippen LogP contribution >= 0.6 is 11.6 Å². The fraction of sp³-hybridized carbons (Fsp3) is 0.111. The van der Waals surface area contributed by atoms with Gasteiger partial charge in [0.05, 0.1) is 17.5 Å². The van der Waals surface area contributed by atoms with Crippen LogP contribution in [-0.4, -0.2) is 16.1 Å². The van der Waals surface area contributed by atoms with Crippen molar-refractivity contribution in [2.75, 3.05) is 0 Å². The van der Waals surface area contributed by atoms with E-state index in [-0.39, 0.29) is 17.5 Å². The minimum Gasteiger partial charge on any atom is -0.348 e. The Morgan fingerprint density at radius 1 is 1.25 bits per heavy atom. The summed E-state index contributed by atoms with van der Waals surface area (Å²) in [6.45, 7) is 2.20. The summed E-state index contributed by atoms with van der Waals surface area (Å²) in [5.41, 5.74) is 3.75. The molecule has 24 heavy (non-hydrogen) atoms. The molecule has 0 saturated carbocycles. The van der Waals surface area contributed by atoms with Crippen LogP contribution in [0.15, 0.2) is 48.7 Å². The first-order valence-electron chi connectivity index (χ1n) is 7.37. The monoisotopic (exact) mass is 343 g/mol. The number of amides is 1. The molecule has 0 aliphatic rings. The van der Waals surface area contributed by atoms with E-state index in [4.69, 9.17) is 11.6 Å². The van der Waals surface area contributed by atoms with Crippen LogP contribution in [0.5, 0.6) is 0 Å². The summed E-state index contributed by atoms with van der Waals surface area (Å²) in [7, 11) is 0. The van der Waals surface area contributed by atoms with Crippen molar-refractivity contribution in [3.8, 4) is 11.3 Å². The molecule has 3 aromatic rings. The lowest BCUT2D eigenvalue weighted by Crippen LogP contribution is -2.23. The lowest BCUT2D eigenvalue weighted by molar-refractivity contribution is 0.0951. The maximum Gasteiger partial charge on any atom is 0.255 e. The molecule has 122 valence electrons. The summed E-state index contributed by atoms with van der Waals surface area (Å²) in [4.78, 5) is 12.4. The number of aryl methyl sites for hydroxylation is 1. The van der Waals surface area contributed by atoms with Crippen LogP contribution in [0, 0.1) is 12.7 Å². The first kappa shape index (κ1) is 16.2. The van der Waals surface area contributed by atoms with Gasteiger partial charge in [-0.2, -0.15) is 5.10 Å². The van der Waals surface area contributed by atoms with Gasteiger partial charge in [-0.3, -0.25) is 9.89 Å². The Bertz CT molecular complexity index is 874. The fourth-order valence-electron chi connectivity index (χ4n) is 2.33. The largest absolute Gasteiger partial charge is 0.348 e. The zero-order chi connectivity index (χ0) is 17.1. The van der Waals surface area contributed by atoms with E-state index < -0.39 is 5.82 Å². The molecule has 0 radical (unpaired) electrons. The van der Waals surface area contributed by atoms with Crippen molar-refractivity contribution < 1.29 is 9.18 Å². The zero-order valence-corrected chi connectivity index (χ0v) is 13.7. The SMILES string of the molecule is Cc1ccc(-c2[nH]ncc2C(=O)NCc2ccc(F)cc2Cl)cc1. The number of hydrogen-bond donors (Lipinski definition) is 2. The van der Waals surface area contributed by atoms with Gasteiger partial charge >= 0.3 is 0 Å². The average Bonchev–Trinajstić information content (AvgIpc) is 3.04. The molecule has 0 aliphatic carbocycles. The van der Waals surface area contributed by atoms with E-state index in [0.717, 1.165) is 11.1 Å². The fourth-order valence-corrected chi connectivity index (χ4v) is 2.57. The Hall–Kier alpha value is -2.66. The normalized spacial score (nSPS) is 10.6. The molecule has 0 spiro atoms. The number of benzene rings is 2. The van der Waals surface area contributed by atoms with Crippen molar-refractivity contribution in [1.29, 1.82) is 0 Å². The molecule has 2 N–H and O–H groups in total. The lowest BCUT2D eigenvalue weighted by Gasteiger charge is -2.08. The number of carbonyl (C=O) groups is 1. The van der Waals surface area contributed by atoms with Crippen LogP contribution in [0.4, 0.5) is 4.39 Å². The maximum atomic E-state index is 13.1. The highest BCUT2D eigenvalue weighted by Gasteiger charge is 2.15. The number of nitrogens with one attached hydrogen (secondary N) is 2. The summed E-state index contributed by atoms with van der Waals surface area (Å²) in [5.74, 6) is -0.689. The molecule has 0 fully saturated rings. The number of rotatable bonds is 4. The Labute approximate surface area is 143 Å². The molecular weight excluding hydrogens is 329 g/mol. The number of carbonyl (C=O) groups excluding carboxylic acids is 1. The van der Waals surface area contributed by atoms with Crippen LogP contribution in [0.2, 0.25) is 5.02 Å². The summed E-state index contributed by atoms with van der Waals surface area (Å²) in [5, 5.41) is 9.87. The molecule has 4 nitrogen and oxygen atoms in total. The van der Waals surface area contributed by atoms with E-state index >= 15 is 0 Å². The van der Waals surface area contributed by atoms with Crippen LogP contribution < -0.4 is 5.32 Å². The van der Waals surface area contributed by atoms with Crippen molar-refractivity contribution in [2.45, 2.75) is 13.5 Å². The van der Waals surface area contributed by atoms with Crippen molar-refractivity contribution in [3.63, 3.8) is 0 Å². The summed E-state index contributed by atoms with van der Waals surface area (Å²) in [6, 6.07) is 11.9. The highest BCUT2D eigenvalue weighted by Crippen LogP contribution is 2.22. The van der Waals surface area contributed by atoms with E-state index in [1.54, 1.807) is 6.07 Å². The van der Waals surface area contributed by atoms with Crippen LogP contribution in [0.3, 0.4) is 0 Å². The van der Waals surface area contributed by atoms with Gasteiger partial charge < -0.3 is 5.32 Å². The molecule has 2 aromatic carbocycles. The number of H-pyrrole nitrogens is 1. The second-order valence-electron chi connectivity index (χ2n) is 5.44. The molecule has 6 heteroatoms. The molecular formula is C18H15ClFN3O. The molecule has 1 amide bonds. The van der Waals surface area contributed by atoms with Crippen molar-refractivity contribution in [1.82, 2.24) is 15.5 Å². The number of halogens is 2. The van der Waals surface area contributed by atoms with E-state index in [1.165, 1.54) is 18.3 Å². The quantitative estimate of drug-likeness (QED) is 0.749. The minimum atomic E-state index is -0.411. The molecule has 0 saturated heterocycles. The third-order valence-electron chi connectivity index (χ3n) is 3.68. The number of aromatic nitrogens is 2. The first-order valence-corrected chi connectivity index (χ1v) is 7.75. The standard InChI is InChI=1S/C18H15ClFN3O/c1-11-2-4-12(5-3-11)17-15(10-22-23-17)18(24)21-9-13-6-7-14(20)8-16(13)19/h2-8,10H,9H2,1H3,(H,21,24)(H,22,23). The van der Waals surface area contributed by atoms with E-state index in [1.807, 2.05) is 31.2 Å². The van der Waals surface area contributed by atoms with Gasteiger partial charge in [-0.1, -0.05) is 47.5 Å². The Kier molecular flexibility index (Phi) is 4.62. The van der Waals surface area contributed by atoms with Gasteiger partial charge in [0, 0.05) is 17.1 Å². The predicted octanol–water partition coefficient (Wildman–Crippen LogP) is 4.11. The van der Waals surface area contributed by atoms with Crippen molar-refractivity contribution in [3.05, 3.63) is 76.2 Å². The Morgan fingerprint density at radius 2 is 2.00 bits per heavy atom. The number of aromatic amines is 1. The topological polar surface area (TPSA) is 57.8 Å². The predicted molar refractivity (Wildman–Crippen MR) is 91.3 cm³/mol. The average molecular weight is 344 g/mol. The number of hydrogen-bond acceptors (Lipinski definition) is 2. The molecule has 0 bridgehead atoms. The van der Waals surface area contributed by atoms with E-state index in [0.29, 0.717) is 16.8 Å². The van der Waals surface area contributed by atoms with Gasteiger partial charge in [0.2, 0.25) is 0 Å². The molecule has 1 heterocycles. The van der Waals surface area contributed by atoms with Gasteiger partial charge in [0.1, 0.15) is 5.82 Å². The summed E-state index contributed by atoms with van der Waals surface area (Å²) < 4.78 is 13.1. The minimum absolute atomic E-state index is 0.205. The molecule has 1 aromatic heterocycles. The van der Waals surface area contributed by atoms with Gasteiger partial charge in [0.25, 0.3) is 5.91 Å². The third-order valence-corrected chi connectivity index (χ3v) is 4.03. The molecule has 0 aliphatic heterocycles. The number of nitrogens with zero attached hydrogens (tertiary/aromatic N) is 1. The van der Waals surface area contributed by atoms with Crippen molar-refractivity contribution >= 4 is 17.5 Å². The highest BCUT2D eigenvalue weighted by molar-refractivity contribution is 6.31. The lowest BCUT2D eigenvalue weighted by atomic mass is 10.1. The Balaban J connectivity index is 1.76. The third kappa shape index (κ3) is 3.46. The van der Waals surface area contributed by atoms with E-state index in [9.17, 15) is 9.18 Å². The van der Waals surface area contributed by atoms with Gasteiger partial charge in [-0.15, -0.1) is 0 Å². The molecule has 3 rings (SSSR count).